The molecule has 3 rings (SSSR count). The summed E-state index contributed by atoms with van der Waals surface area (Å²) in [6, 6.07) is 22.5. The van der Waals surface area contributed by atoms with Gasteiger partial charge in [-0.2, -0.15) is 0 Å². The van der Waals surface area contributed by atoms with Crippen LogP contribution >= 0.6 is 15.9 Å². The molecule has 20 heavy (non-hydrogen) atoms. The van der Waals surface area contributed by atoms with Crippen molar-refractivity contribution >= 4 is 32.4 Å². The Bertz CT molecular complexity index is 734. The van der Waals surface area contributed by atoms with Crippen LogP contribution in [-0.2, 0) is 0 Å². The number of anilines is 1. The van der Waals surface area contributed by atoms with Gasteiger partial charge < -0.3 is 11.1 Å². The largest absolute Gasteiger partial charge is 0.365 e. The van der Waals surface area contributed by atoms with Crippen LogP contribution in [-0.4, -0.2) is 0 Å². The minimum absolute atomic E-state index is 0.250. The number of hydrogen-bond donors (Lipinski definition) is 2. The van der Waals surface area contributed by atoms with E-state index in [0.29, 0.717) is 0 Å². The molecule has 3 aromatic rings. The van der Waals surface area contributed by atoms with Gasteiger partial charge >= 0.3 is 0 Å². The summed E-state index contributed by atoms with van der Waals surface area (Å²) in [4.78, 5) is 0. The zero-order valence-electron chi connectivity index (χ0n) is 10.9. The molecule has 0 aliphatic rings. The van der Waals surface area contributed by atoms with E-state index in [-0.39, 0.29) is 6.17 Å². The molecule has 0 fully saturated rings. The van der Waals surface area contributed by atoms with Crippen LogP contribution in [0.25, 0.3) is 10.8 Å². The van der Waals surface area contributed by atoms with Crippen LogP contribution in [0.3, 0.4) is 0 Å². The Morgan fingerprint density at radius 3 is 2.40 bits per heavy atom. The van der Waals surface area contributed by atoms with E-state index in [4.69, 9.17) is 5.73 Å². The van der Waals surface area contributed by atoms with Crippen molar-refractivity contribution in [1.29, 1.82) is 0 Å². The molecule has 3 aromatic carbocycles. The fourth-order valence-electron chi connectivity index (χ4n) is 2.35. The summed E-state index contributed by atoms with van der Waals surface area (Å²) in [5.74, 6) is 0. The molecule has 3 N–H and O–H groups in total. The smallest absolute Gasteiger partial charge is 0.101 e. The van der Waals surface area contributed by atoms with Crippen LogP contribution in [0, 0.1) is 0 Å². The van der Waals surface area contributed by atoms with Crippen molar-refractivity contribution < 1.29 is 0 Å². The van der Waals surface area contributed by atoms with Crippen LogP contribution in [0.4, 0.5) is 5.69 Å². The molecule has 1 unspecified atom stereocenters. The quantitative estimate of drug-likeness (QED) is 0.686. The highest BCUT2D eigenvalue weighted by Crippen LogP contribution is 2.27. The molecule has 0 spiro atoms. The molecule has 0 bridgehead atoms. The number of nitrogens with one attached hydrogen (secondary N) is 1. The van der Waals surface area contributed by atoms with Crippen molar-refractivity contribution in [3.05, 3.63) is 76.8 Å². The van der Waals surface area contributed by atoms with Gasteiger partial charge in [-0.1, -0.05) is 54.6 Å². The Kier molecular flexibility index (Phi) is 3.72. The Balaban J connectivity index is 1.97. The summed E-state index contributed by atoms with van der Waals surface area (Å²) >= 11 is 3.53. The predicted molar refractivity (Wildman–Crippen MR) is 88.6 cm³/mol. The van der Waals surface area contributed by atoms with E-state index in [1.165, 1.54) is 10.8 Å². The van der Waals surface area contributed by atoms with Gasteiger partial charge in [0.2, 0.25) is 0 Å². The van der Waals surface area contributed by atoms with Gasteiger partial charge in [-0.25, -0.2) is 0 Å². The van der Waals surface area contributed by atoms with Gasteiger partial charge in [-0.15, -0.1) is 0 Å². The van der Waals surface area contributed by atoms with Crippen LogP contribution < -0.4 is 11.1 Å². The molecule has 100 valence electrons. The maximum atomic E-state index is 6.33. The standard InChI is InChI=1S/C17H15BrN2/c18-15-10-3-4-11-16(15)20-17(19)14-9-5-7-12-6-1-2-8-13(12)14/h1-11,17,20H,19H2. The first-order chi connectivity index (χ1) is 9.75. The minimum Gasteiger partial charge on any atom is -0.365 e. The molecular formula is C17H15BrN2. The Morgan fingerprint density at radius 2 is 1.55 bits per heavy atom. The molecule has 0 aromatic heterocycles. The van der Waals surface area contributed by atoms with E-state index >= 15 is 0 Å². The van der Waals surface area contributed by atoms with E-state index in [0.717, 1.165) is 15.7 Å². The molecule has 0 radical (unpaired) electrons. The maximum absolute atomic E-state index is 6.33. The maximum Gasteiger partial charge on any atom is 0.101 e. The van der Waals surface area contributed by atoms with Crippen LogP contribution in [0.2, 0.25) is 0 Å². The van der Waals surface area contributed by atoms with Gasteiger partial charge in [0.15, 0.2) is 0 Å². The molecule has 0 amide bonds. The van der Waals surface area contributed by atoms with Gasteiger partial charge in [0.25, 0.3) is 0 Å². The van der Waals surface area contributed by atoms with Gasteiger partial charge in [0.05, 0.1) is 0 Å². The molecule has 0 heterocycles. The Hall–Kier alpha value is -1.84. The van der Waals surface area contributed by atoms with Gasteiger partial charge in [-0.05, 0) is 44.4 Å². The average Bonchev–Trinajstić information content (AvgIpc) is 2.49. The molecule has 2 nitrogen and oxygen atoms in total. The third-order valence-electron chi connectivity index (χ3n) is 3.34. The van der Waals surface area contributed by atoms with E-state index in [9.17, 15) is 0 Å². The number of para-hydroxylation sites is 1. The van der Waals surface area contributed by atoms with E-state index in [1.807, 2.05) is 42.5 Å². The van der Waals surface area contributed by atoms with Crippen LogP contribution in [0.15, 0.2) is 71.2 Å². The van der Waals surface area contributed by atoms with Crippen molar-refractivity contribution in [2.24, 2.45) is 5.73 Å². The number of halogens is 1. The van der Waals surface area contributed by atoms with Gasteiger partial charge in [-0.3, -0.25) is 0 Å². The normalized spacial score (nSPS) is 12.3. The number of nitrogens with two attached hydrogens (primary N) is 1. The first-order valence-corrected chi connectivity index (χ1v) is 7.29. The minimum atomic E-state index is -0.250. The van der Waals surface area contributed by atoms with Crippen molar-refractivity contribution in [1.82, 2.24) is 0 Å². The number of fused-ring (bicyclic) bond motifs is 1. The third kappa shape index (κ3) is 2.55. The lowest BCUT2D eigenvalue weighted by Crippen LogP contribution is -2.20. The molecular weight excluding hydrogens is 312 g/mol. The summed E-state index contributed by atoms with van der Waals surface area (Å²) in [7, 11) is 0. The lowest BCUT2D eigenvalue weighted by Gasteiger charge is -2.18. The van der Waals surface area contributed by atoms with E-state index in [2.05, 4.69) is 45.5 Å². The highest BCUT2D eigenvalue weighted by Gasteiger charge is 2.10. The highest BCUT2D eigenvalue weighted by atomic mass is 79.9. The fraction of sp³-hybridized carbons (Fsp3) is 0.0588. The first kappa shape index (κ1) is 13.2. The molecule has 0 aliphatic carbocycles. The second kappa shape index (κ2) is 5.65. The van der Waals surface area contributed by atoms with Gasteiger partial charge in [0.1, 0.15) is 6.17 Å². The number of hydrogen-bond acceptors (Lipinski definition) is 2. The second-order valence-electron chi connectivity index (χ2n) is 4.67. The zero-order chi connectivity index (χ0) is 13.9. The molecule has 3 heteroatoms. The highest BCUT2D eigenvalue weighted by molar-refractivity contribution is 9.10. The molecule has 1 atom stereocenters. The average molecular weight is 327 g/mol. The molecule has 0 aliphatic heterocycles. The predicted octanol–water partition coefficient (Wildman–Crippen LogP) is 4.67. The summed E-state index contributed by atoms with van der Waals surface area (Å²) in [6.07, 6.45) is -0.250. The summed E-state index contributed by atoms with van der Waals surface area (Å²) in [6.45, 7) is 0. The van der Waals surface area contributed by atoms with Crippen molar-refractivity contribution in [3.63, 3.8) is 0 Å². The number of rotatable bonds is 3. The lowest BCUT2D eigenvalue weighted by molar-refractivity contribution is 0.844. The number of benzene rings is 3. The van der Waals surface area contributed by atoms with Crippen LogP contribution in [0.5, 0.6) is 0 Å². The third-order valence-corrected chi connectivity index (χ3v) is 4.03. The fourth-order valence-corrected chi connectivity index (χ4v) is 2.74. The van der Waals surface area contributed by atoms with Crippen molar-refractivity contribution in [2.75, 3.05) is 5.32 Å². The first-order valence-electron chi connectivity index (χ1n) is 6.50. The van der Waals surface area contributed by atoms with Crippen molar-refractivity contribution in [3.8, 4) is 0 Å². The topological polar surface area (TPSA) is 38.0 Å². The second-order valence-corrected chi connectivity index (χ2v) is 5.52. The summed E-state index contributed by atoms with van der Waals surface area (Å²) in [5, 5.41) is 5.74. The van der Waals surface area contributed by atoms with Crippen LogP contribution in [0.1, 0.15) is 11.7 Å². The monoisotopic (exact) mass is 326 g/mol. The van der Waals surface area contributed by atoms with Crippen molar-refractivity contribution in [2.45, 2.75) is 6.17 Å². The lowest BCUT2D eigenvalue weighted by atomic mass is 10.0. The van der Waals surface area contributed by atoms with E-state index in [1.54, 1.807) is 0 Å². The Labute approximate surface area is 126 Å². The summed E-state index contributed by atoms with van der Waals surface area (Å²) in [5.41, 5.74) is 8.42. The molecule has 0 saturated heterocycles. The Morgan fingerprint density at radius 1 is 0.850 bits per heavy atom. The molecule has 0 saturated carbocycles. The van der Waals surface area contributed by atoms with E-state index < -0.39 is 0 Å². The zero-order valence-corrected chi connectivity index (χ0v) is 12.5. The SMILES string of the molecule is NC(Nc1ccccc1Br)c1cccc2ccccc12. The summed E-state index contributed by atoms with van der Waals surface area (Å²) < 4.78 is 1.01. The van der Waals surface area contributed by atoms with Gasteiger partial charge in [0, 0.05) is 10.2 Å².